The van der Waals surface area contributed by atoms with E-state index in [-0.39, 0.29) is 11.9 Å². The molecule has 0 saturated carbocycles. The van der Waals surface area contributed by atoms with Crippen molar-refractivity contribution in [1.82, 2.24) is 10.6 Å². The molecule has 0 saturated heterocycles. The Morgan fingerprint density at radius 2 is 1.94 bits per heavy atom. The van der Waals surface area contributed by atoms with Crippen LogP contribution in [0.15, 0.2) is 0 Å². The lowest BCUT2D eigenvalue weighted by atomic mass is 10.1. The Morgan fingerprint density at radius 1 is 1.29 bits per heavy atom. The lowest BCUT2D eigenvalue weighted by molar-refractivity contribution is -0.129. The maximum absolute atomic E-state index is 11.7. The highest BCUT2D eigenvalue weighted by molar-refractivity contribution is 5.89. The molecule has 0 fully saturated rings. The summed E-state index contributed by atoms with van der Waals surface area (Å²) < 4.78 is 0. The smallest absolute Gasteiger partial charge is 0.242 e. The fourth-order valence-electron chi connectivity index (χ4n) is 1.48. The summed E-state index contributed by atoms with van der Waals surface area (Å²) in [7, 11) is 1.69. The van der Waals surface area contributed by atoms with E-state index < -0.39 is 18.6 Å². The van der Waals surface area contributed by atoms with Crippen LogP contribution in [0.4, 0.5) is 0 Å². The lowest BCUT2D eigenvalue weighted by Crippen LogP contribution is -2.52. The fourth-order valence-corrected chi connectivity index (χ4v) is 1.48. The van der Waals surface area contributed by atoms with Crippen molar-refractivity contribution in [2.24, 2.45) is 5.73 Å². The highest BCUT2D eigenvalue weighted by atomic mass is 16.3. The van der Waals surface area contributed by atoms with Gasteiger partial charge >= 0.3 is 0 Å². The molecular formula is C11H23N3O3. The molecule has 0 aliphatic heterocycles. The van der Waals surface area contributed by atoms with E-state index in [0.717, 1.165) is 19.3 Å². The minimum atomic E-state index is -1.01. The molecule has 0 rings (SSSR count). The van der Waals surface area contributed by atoms with Gasteiger partial charge in [0, 0.05) is 0 Å². The summed E-state index contributed by atoms with van der Waals surface area (Å²) in [5, 5.41) is 14.2. The van der Waals surface area contributed by atoms with Crippen molar-refractivity contribution in [2.75, 3.05) is 13.7 Å². The van der Waals surface area contributed by atoms with E-state index in [1.807, 2.05) is 0 Å². The summed E-state index contributed by atoms with van der Waals surface area (Å²) >= 11 is 0. The van der Waals surface area contributed by atoms with Gasteiger partial charge in [0.2, 0.25) is 11.8 Å². The predicted molar refractivity (Wildman–Crippen MR) is 65.2 cm³/mol. The van der Waals surface area contributed by atoms with Gasteiger partial charge in [0.1, 0.15) is 6.04 Å². The molecule has 0 radical (unpaired) electrons. The Hall–Kier alpha value is -1.14. The average Bonchev–Trinajstić information content (AvgIpc) is 2.31. The number of nitrogens with two attached hydrogens (primary N) is 1. The number of aliphatic hydroxyl groups excluding tert-OH is 1. The van der Waals surface area contributed by atoms with E-state index >= 15 is 0 Å². The topological polar surface area (TPSA) is 104 Å². The first-order chi connectivity index (χ1) is 8.06. The van der Waals surface area contributed by atoms with Gasteiger partial charge < -0.3 is 21.5 Å². The number of carbonyl (C=O) groups is 2. The highest BCUT2D eigenvalue weighted by Gasteiger charge is 2.22. The van der Waals surface area contributed by atoms with Gasteiger partial charge in [0.05, 0.1) is 12.6 Å². The SMILES string of the molecule is CCCCCC(NC)C(=O)NC(CO)C(N)=O. The summed E-state index contributed by atoms with van der Waals surface area (Å²) in [6.45, 7) is 1.61. The Kier molecular flexibility index (Phi) is 8.35. The normalized spacial score (nSPS) is 14.1. The Balaban J connectivity index is 4.18. The van der Waals surface area contributed by atoms with Crippen LogP contribution in [0.3, 0.4) is 0 Å². The number of nitrogens with one attached hydrogen (secondary N) is 2. The molecular weight excluding hydrogens is 222 g/mol. The van der Waals surface area contributed by atoms with Crippen LogP contribution in [-0.2, 0) is 9.59 Å². The van der Waals surface area contributed by atoms with Gasteiger partial charge in [-0.3, -0.25) is 9.59 Å². The fraction of sp³-hybridized carbons (Fsp3) is 0.818. The van der Waals surface area contributed by atoms with E-state index in [2.05, 4.69) is 17.6 Å². The van der Waals surface area contributed by atoms with E-state index in [4.69, 9.17) is 10.8 Å². The highest BCUT2D eigenvalue weighted by Crippen LogP contribution is 2.03. The van der Waals surface area contributed by atoms with Gasteiger partial charge in [-0.1, -0.05) is 26.2 Å². The van der Waals surface area contributed by atoms with Crippen LogP contribution < -0.4 is 16.4 Å². The third kappa shape index (κ3) is 6.23. The monoisotopic (exact) mass is 245 g/mol. The molecule has 0 aromatic rings. The summed E-state index contributed by atoms with van der Waals surface area (Å²) in [4.78, 5) is 22.6. The molecule has 6 nitrogen and oxygen atoms in total. The first-order valence-electron chi connectivity index (χ1n) is 5.94. The van der Waals surface area contributed by atoms with Crippen LogP contribution in [0.25, 0.3) is 0 Å². The van der Waals surface area contributed by atoms with Crippen LogP contribution in [0.1, 0.15) is 32.6 Å². The summed E-state index contributed by atoms with van der Waals surface area (Å²) in [5.74, 6) is -1.04. The molecule has 6 heteroatoms. The van der Waals surface area contributed by atoms with Crippen LogP contribution >= 0.6 is 0 Å². The zero-order valence-electron chi connectivity index (χ0n) is 10.5. The summed E-state index contributed by atoms with van der Waals surface area (Å²) in [6.07, 6.45) is 3.78. The second-order valence-corrected chi connectivity index (χ2v) is 3.98. The molecule has 0 aliphatic carbocycles. The van der Waals surface area contributed by atoms with Gasteiger partial charge in [0.15, 0.2) is 0 Å². The van der Waals surface area contributed by atoms with Crippen molar-refractivity contribution in [1.29, 1.82) is 0 Å². The third-order valence-corrected chi connectivity index (χ3v) is 2.60. The molecule has 17 heavy (non-hydrogen) atoms. The van der Waals surface area contributed by atoms with Gasteiger partial charge in [-0.25, -0.2) is 0 Å². The van der Waals surface area contributed by atoms with E-state index in [9.17, 15) is 9.59 Å². The molecule has 5 N–H and O–H groups in total. The van der Waals surface area contributed by atoms with Crippen molar-refractivity contribution >= 4 is 11.8 Å². The molecule has 2 atom stereocenters. The zero-order chi connectivity index (χ0) is 13.3. The molecule has 2 amide bonds. The van der Waals surface area contributed by atoms with Crippen LogP contribution in [0.2, 0.25) is 0 Å². The maximum Gasteiger partial charge on any atom is 0.242 e. The van der Waals surface area contributed by atoms with Crippen molar-refractivity contribution in [3.63, 3.8) is 0 Å². The first kappa shape index (κ1) is 15.9. The largest absolute Gasteiger partial charge is 0.394 e. The quantitative estimate of drug-likeness (QED) is 0.396. The number of rotatable bonds is 9. The van der Waals surface area contributed by atoms with Gasteiger partial charge in [-0.2, -0.15) is 0 Å². The Bertz CT molecular complexity index is 246. The number of primary amides is 1. The van der Waals surface area contributed by atoms with Crippen LogP contribution in [0.5, 0.6) is 0 Å². The van der Waals surface area contributed by atoms with E-state index in [0.29, 0.717) is 6.42 Å². The minimum Gasteiger partial charge on any atom is -0.394 e. The molecule has 0 aromatic carbocycles. The van der Waals surface area contributed by atoms with Crippen LogP contribution in [0, 0.1) is 0 Å². The minimum absolute atomic E-state index is 0.304. The standard InChI is InChI=1S/C11H23N3O3/c1-3-4-5-6-8(13-2)11(17)14-9(7-15)10(12)16/h8-9,13,15H,3-7H2,1-2H3,(H2,12,16)(H,14,17). The van der Waals surface area contributed by atoms with Crippen molar-refractivity contribution in [2.45, 2.75) is 44.7 Å². The summed E-state index contributed by atoms with van der Waals surface area (Å²) in [5.41, 5.74) is 5.02. The molecule has 0 spiro atoms. The molecule has 0 aliphatic rings. The molecule has 0 aromatic heterocycles. The van der Waals surface area contributed by atoms with Crippen LogP contribution in [-0.4, -0.2) is 42.7 Å². The lowest BCUT2D eigenvalue weighted by Gasteiger charge is -2.19. The number of hydrogen-bond donors (Lipinski definition) is 4. The number of aliphatic hydroxyl groups is 1. The Labute approximate surface area is 102 Å². The van der Waals surface area contributed by atoms with E-state index in [1.165, 1.54) is 0 Å². The van der Waals surface area contributed by atoms with Crippen molar-refractivity contribution in [3.05, 3.63) is 0 Å². The second-order valence-electron chi connectivity index (χ2n) is 3.98. The maximum atomic E-state index is 11.7. The molecule has 0 bridgehead atoms. The van der Waals surface area contributed by atoms with Gasteiger partial charge in [-0.05, 0) is 13.5 Å². The third-order valence-electron chi connectivity index (χ3n) is 2.60. The average molecular weight is 245 g/mol. The number of amides is 2. The van der Waals surface area contributed by atoms with Gasteiger partial charge in [-0.15, -0.1) is 0 Å². The van der Waals surface area contributed by atoms with Crippen molar-refractivity contribution in [3.8, 4) is 0 Å². The number of unbranched alkanes of at least 4 members (excludes halogenated alkanes) is 2. The number of hydrogen-bond acceptors (Lipinski definition) is 4. The second kappa shape index (κ2) is 8.95. The zero-order valence-corrected chi connectivity index (χ0v) is 10.5. The molecule has 0 heterocycles. The van der Waals surface area contributed by atoms with Gasteiger partial charge in [0.25, 0.3) is 0 Å². The summed E-state index contributed by atoms with van der Waals surface area (Å²) in [6, 6.07) is -1.36. The number of likely N-dealkylation sites (N-methyl/N-ethyl adjacent to an activating group) is 1. The van der Waals surface area contributed by atoms with E-state index in [1.54, 1.807) is 7.05 Å². The molecule has 2 unspecified atom stereocenters. The van der Waals surface area contributed by atoms with Crippen molar-refractivity contribution < 1.29 is 14.7 Å². The first-order valence-corrected chi connectivity index (χ1v) is 5.94. The number of carbonyl (C=O) groups excluding carboxylic acids is 2. The Morgan fingerprint density at radius 3 is 2.35 bits per heavy atom. The molecule has 100 valence electrons. The predicted octanol–water partition coefficient (Wildman–Crippen LogP) is -0.883.